The summed E-state index contributed by atoms with van der Waals surface area (Å²) in [5.41, 5.74) is -0.142. The summed E-state index contributed by atoms with van der Waals surface area (Å²) < 4.78 is 0.850. The molecule has 16 heavy (non-hydrogen) atoms. The molecule has 0 spiro atoms. The highest BCUT2D eigenvalue weighted by molar-refractivity contribution is 5.94. The summed E-state index contributed by atoms with van der Waals surface area (Å²) in [5, 5.41) is 18.8. The zero-order chi connectivity index (χ0) is 12.1. The third-order valence-electron chi connectivity index (χ3n) is 2.07. The number of aromatic hydroxyl groups is 2. The van der Waals surface area contributed by atoms with Gasteiger partial charge in [0.2, 0.25) is 0 Å². The van der Waals surface area contributed by atoms with Crippen LogP contribution in [0.25, 0.3) is 5.70 Å². The maximum atomic E-state index is 10.8. The summed E-state index contributed by atoms with van der Waals surface area (Å²) in [6.45, 7) is 1.83. The van der Waals surface area contributed by atoms with E-state index in [4.69, 9.17) is 0 Å². The van der Waals surface area contributed by atoms with E-state index in [2.05, 4.69) is 0 Å². The Kier molecular flexibility index (Phi) is 3.72. The van der Waals surface area contributed by atoms with E-state index in [9.17, 15) is 19.8 Å². The highest BCUT2D eigenvalue weighted by Gasteiger charge is 2.16. The van der Waals surface area contributed by atoms with E-state index in [1.165, 1.54) is 18.1 Å². The van der Waals surface area contributed by atoms with Crippen LogP contribution in [0.15, 0.2) is 17.7 Å². The molecule has 1 aromatic rings. The van der Waals surface area contributed by atoms with Gasteiger partial charge < -0.3 is 10.2 Å². The van der Waals surface area contributed by atoms with E-state index in [1.54, 1.807) is 5.94 Å². The molecule has 0 radical (unpaired) electrons. The van der Waals surface area contributed by atoms with Crippen LogP contribution in [0.3, 0.4) is 0 Å². The van der Waals surface area contributed by atoms with Crippen LogP contribution in [0.4, 0.5) is 0 Å². The average Bonchev–Trinajstić information content (AvgIpc) is 2.60. The third kappa shape index (κ3) is 2.06. The quantitative estimate of drug-likeness (QED) is 0.590. The maximum Gasteiger partial charge on any atom is 0.199 e. The van der Waals surface area contributed by atoms with Gasteiger partial charge in [-0.15, -0.1) is 0 Å². The summed E-state index contributed by atoms with van der Waals surface area (Å²) in [5.74, 6) is 2.49. The molecule has 0 aliphatic rings. The molecule has 1 rings (SSSR count). The van der Waals surface area contributed by atoms with Gasteiger partial charge in [0.1, 0.15) is 5.94 Å². The molecular weight excluding hydrogens is 210 g/mol. The molecule has 0 aromatic carbocycles. The lowest BCUT2D eigenvalue weighted by Crippen LogP contribution is -2.01. The second kappa shape index (κ2) is 5.03. The van der Waals surface area contributed by atoms with E-state index in [-0.39, 0.29) is 23.0 Å². The molecule has 0 fully saturated rings. The minimum Gasteiger partial charge on any atom is -0.494 e. The number of allylic oxidation sites excluding steroid dienone is 2. The Hall–Kier alpha value is -2.22. The summed E-state index contributed by atoms with van der Waals surface area (Å²) in [6, 6.07) is 2.42. The fourth-order valence-electron chi connectivity index (χ4n) is 1.35. The molecule has 84 valence electrons. The SMILES string of the molecule is CCCC(=C=O)C(=C=O)n1c(O)ccc1O. The van der Waals surface area contributed by atoms with Gasteiger partial charge in [-0.25, -0.2) is 14.2 Å². The zero-order valence-corrected chi connectivity index (χ0v) is 8.73. The standard InChI is InChI=1S/C11H11NO4/c1-2-3-8(6-13)9(7-14)12-10(15)4-5-11(12)16/h4-5,15-16H,2-3H2,1H3. The Labute approximate surface area is 91.9 Å². The van der Waals surface area contributed by atoms with Gasteiger partial charge >= 0.3 is 0 Å². The predicted molar refractivity (Wildman–Crippen MR) is 57.3 cm³/mol. The summed E-state index contributed by atoms with van der Waals surface area (Å²) in [6.07, 6.45) is 0.962. The van der Waals surface area contributed by atoms with E-state index >= 15 is 0 Å². The van der Waals surface area contributed by atoms with Gasteiger partial charge in [0.05, 0.1) is 5.57 Å². The summed E-state index contributed by atoms with van der Waals surface area (Å²) in [7, 11) is 0. The van der Waals surface area contributed by atoms with Gasteiger partial charge in [0, 0.05) is 12.1 Å². The van der Waals surface area contributed by atoms with Crippen molar-refractivity contribution in [3.8, 4) is 11.8 Å². The number of nitrogens with zero attached hydrogens (tertiary/aromatic N) is 1. The van der Waals surface area contributed by atoms with Crippen molar-refractivity contribution in [2.75, 3.05) is 0 Å². The molecule has 0 amide bonds. The molecule has 0 aliphatic heterocycles. The number of rotatable bonds is 4. The molecule has 1 heterocycles. The molecule has 0 bridgehead atoms. The van der Waals surface area contributed by atoms with Crippen molar-refractivity contribution in [3.63, 3.8) is 0 Å². The topological polar surface area (TPSA) is 79.5 Å². The Bertz CT molecular complexity index is 469. The highest BCUT2D eigenvalue weighted by Crippen LogP contribution is 2.28. The molecule has 0 aliphatic carbocycles. The van der Waals surface area contributed by atoms with Crippen molar-refractivity contribution < 1.29 is 19.8 Å². The summed E-state index contributed by atoms with van der Waals surface area (Å²) in [4.78, 5) is 21.5. The summed E-state index contributed by atoms with van der Waals surface area (Å²) >= 11 is 0. The van der Waals surface area contributed by atoms with Crippen molar-refractivity contribution in [2.45, 2.75) is 19.8 Å². The van der Waals surface area contributed by atoms with Crippen LogP contribution in [-0.2, 0) is 9.59 Å². The first-order chi connectivity index (χ1) is 7.65. The first kappa shape index (κ1) is 11.9. The van der Waals surface area contributed by atoms with E-state index in [0.717, 1.165) is 4.57 Å². The monoisotopic (exact) mass is 221 g/mol. The van der Waals surface area contributed by atoms with Crippen LogP contribution < -0.4 is 0 Å². The predicted octanol–water partition coefficient (Wildman–Crippen LogP) is 1.13. The Morgan fingerprint density at radius 3 is 2.19 bits per heavy atom. The van der Waals surface area contributed by atoms with Crippen LogP contribution >= 0.6 is 0 Å². The number of hydrogen-bond donors (Lipinski definition) is 2. The molecule has 5 heteroatoms. The molecule has 1 aromatic heterocycles. The molecule has 5 nitrogen and oxygen atoms in total. The maximum absolute atomic E-state index is 10.8. The van der Waals surface area contributed by atoms with Crippen molar-refractivity contribution in [2.24, 2.45) is 0 Å². The van der Waals surface area contributed by atoms with Crippen molar-refractivity contribution in [3.05, 3.63) is 17.7 Å². The molecule has 0 saturated heterocycles. The van der Waals surface area contributed by atoms with Gasteiger partial charge in [-0.2, -0.15) is 0 Å². The largest absolute Gasteiger partial charge is 0.494 e. The Morgan fingerprint density at radius 1 is 1.25 bits per heavy atom. The minimum absolute atomic E-state index is 0.0688. The lowest BCUT2D eigenvalue weighted by Gasteiger charge is -2.07. The van der Waals surface area contributed by atoms with E-state index < -0.39 is 0 Å². The van der Waals surface area contributed by atoms with Crippen molar-refractivity contribution in [1.29, 1.82) is 0 Å². The highest BCUT2D eigenvalue weighted by atomic mass is 16.3. The Balaban J connectivity index is 3.30. The van der Waals surface area contributed by atoms with Gasteiger partial charge in [-0.3, -0.25) is 0 Å². The van der Waals surface area contributed by atoms with Crippen LogP contribution in [-0.4, -0.2) is 26.7 Å². The van der Waals surface area contributed by atoms with Gasteiger partial charge in [0.15, 0.2) is 23.4 Å². The molecular formula is C11H11NO4. The average molecular weight is 221 g/mol. The zero-order valence-electron chi connectivity index (χ0n) is 8.73. The lowest BCUT2D eigenvalue weighted by molar-refractivity contribution is 0.405. The smallest absolute Gasteiger partial charge is 0.199 e. The van der Waals surface area contributed by atoms with Crippen molar-refractivity contribution >= 4 is 17.6 Å². The fraction of sp³-hybridized carbons (Fsp3) is 0.273. The molecule has 0 atom stereocenters. The first-order valence-corrected chi connectivity index (χ1v) is 4.75. The van der Waals surface area contributed by atoms with Gasteiger partial charge in [-0.1, -0.05) is 13.3 Å². The first-order valence-electron chi connectivity index (χ1n) is 4.75. The molecule has 2 N–H and O–H groups in total. The van der Waals surface area contributed by atoms with Crippen LogP contribution in [0, 0.1) is 0 Å². The molecule has 0 unspecified atom stereocenters. The number of aromatic nitrogens is 1. The fourth-order valence-corrected chi connectivity index (χ4v) is 1.35. The number of carbonyl (C=O) groups excluding carboxylic acids is 2. The lowest BCUT2D eigenvalue weighted by atomic mass is 10.1. The van der Waals surface area contributed by atoms with Crippen LogP contribution in [0.2, 0.25) is 0 Å². The van der Waals surface area contributed by atoms with Gasteiger partial charge in [-0.05, 0) is 6.42 Å². The van der Waals surface area contributed by atoms with E-state index in [0.29, 0.717) is 12.8 Å². The molecule has 0 saturated carbocycles. The second-order valence-corrected chi connectivity index (χ2v) is 3.17. The third-order valence-corrected chi connectivity index (χ3v) is 2.07. The van der Waals surface area contributed by atoms with E-state index in [1.807, 2.05) is 6.92 Å². The number of hydrogen-bond acceptors (Lipinski definition) is 4. The van der Waals surface area contributed by atoms with Crippen LogP contribution in [0.5, 0.6) is 11.8 Å². The van der Waals surface area contributed by atoms with Gasteiger partial charge in [0.25, 0.3) is 0 Å². The second-order valence-electron chi connectivity index (χ2n) is 3.17. The van der Waals surface area contributed by atoms with Crippen LogP contribution in [0.1, 0.15) is 19.8 Å². The minimum atomic E-state index is -0.334. The Morgan fingerprint density at radius 2 is 1.81 bits per heavy atom. The van der Waals surface area contributed by atoms with Crippen molar-refractivity contribution in [1.82, 2.24) is 4.57 Å². The normalized spacial score (nSPS) is 9.31.